The summed E-state index contributed by atoms with van der Waals surface area (Å²) in [5.41, 5.74) is 8.71. The maximum absolute atomic E-state index is 12.6. The van der Waals surface area contributed by atoms with Crippen molar-refractivity contribution in [1.82, 2.24) is 4.98 Å². The number of fused-ring (bicyclic) bond motifs is 1. The molecular weight excluding hydrogens is 314 g/mol. The second kappa shape index (κ2) is 5.44. The quantitative estimate of drug-likeness (QED) is 0.450. The average molecular weight is 327 g/mol. The van der Waals surface area contributed by atoms with Gasteiger partial charge in [-0.15, -0.1) is 11.3 Å². The Morgan fingerprint density at radius 1 is 1.26 bits per heavy atom. The molecule has 3 rings (SSSR count). The molecule has 0 saturated heterocycles. The normalized spacial score (nSPS) is 10.9. The number of benzene rings is 1. The molecule has 0 aliphatic rings. The third kappa shape index (κ3) is 2.55. The zero-order valence-corrected chi connectivity index (χ0v) is 13.3. The van der Waals surface area contributed by atoms with Crippen molar-refractivity contribution >= 4 is 38.7 Å². The van der Waals surface area contributed by atoms with E-state index < -0.39 is 4.92 Å². The first-order valence-corrected chi connectivity index (χ1v) is 7.65. The highest BCUT2D eigenvalue weighted by Crippen LogP contribution is 2.36. The SMILES string of the molecule is Cc1cc(C)c2c(N)c(C(=O)c3ccc([N+](=O)[O-])cc3)sc2n1. The van der Waals surface area contributed by atoms with Crippen LogP contribution in [0.15, 0.2) is 30.3 Å². The summed E-state index contributed by atoms with van der Waals surface area (Å²) in [6.07, 6.45) is 0. The van der Waals surface area contributed by atoms with Crippen molar-refractivity contribution in [3.8, 4) is 0 Å². The zero-order valence-electron chi connectivity index (χ0n) is 12.5. The van der Waals surface area contributed by atoms with Crippen molar-refractivity contribution in [2.75, 3.05) is 5.73 Å². The fourth-order valence-electron chi connectivity index (χ4n) is 2.50. The van der Waals surface area contributed by atoms with Crippen molar-refractivity contribution in [3.63, 3.8) is 0 Å². The van der Waals surface area contributed by atoms with E-state index in [1.807, 2.05) is 19.9 Å². The van der Waals surface area contributed by atoms with Gasteiger partial charge in [0.15, 0.2) is 0 Å². The number of aromatic nitrogens is 1. The van der Waals surface area contributed by atoms with Gasteiger partial charge in [-0.2, -0.15) is 0 Å². The molecule has 0 atom stereocenters. The summed E-state index contributed by atoms with van der Waals surface area (Å²) in [6, 6.07) is 7.42. The van der Waals surface area contributed by atoms with Gasteiger partial charge in [-0.05, 0) is 37.6 Å². The lowest BCUT2D eigenvalue weighted by Gasteiger charge is -2.01. The average Bonchev–Trinajstić information content (AvgIpc) is 2.83. The summed E-state index contributed by atoms with van der Waals surface area (Å²) in [4.78, 5) is 28.4. The van der Waals surface area contributed by atoms with Crippen LogP contribution in [0.25, 0.3) is 10.2 Å². The molecule has 0 amide bonds. The van der Waals surface area contributed by atoms with E-state index in [9.17, 15) is 14.9 Å². The van der Waals surface area contributed by atoms with Gasteiger partial charge in [0, 0.05) is 28.8 Å². The number of nitro benzene ring substituents is 1. The number of aryl methyl sites for hydroxylation is 2. The molecule has 0 radical (unpaired) electrons. The second-order valence-corrected chi connectivity index (χ2v) is 6.24. The van der Waals surface area contributed by atoms with Gasteiger partial charge in [0.25, 0.3) is 5.69 Å². The van der Waals surface area contributed by atoms with Crippen molar-refractivity contribution in [2.24, 2.45) is 0 Å². The number of pyridine rings is 1. The Labute approximate surface area is 135 Å². The third-order valence-electron chi connectivity index (χ3n) is 3.57. The molecule has 2 N–H and O–H groups in total. The minimum Gasteiger partial charge on any atom is -0.397 e. The Hall–Kier alpha value is -2.80. The van der Waals surface area contributed by atoms with Crippen molar-refractivity contribution < 1.29 is 9.72 Å². The second-order valence-electron chi connectivity index (χ2n) is 5.24. The predicted molar refractivity (Wildman–Crippen MR) is 90.0 cm³/mol. The Morgan fingerprint density at radius 2 is 1.91 bits per heavy atom. The highest BCUT2D eigenvalue weighted by Gasteiger charge is 2.20. The van der Waals surface area contributed by atoms with Gasteiger partial charge in [0.05, 0.1) is 10.6 Å². The van der Waals surface area contributed by atoms with Crippen molar-refractivity contribution in [3.05, 3.63) is 62.1 Å². The van der Waals surface area contributed by atoms with E-state index in [1.54, 1.807) is 0 Å². The van der Waals surface area contributed by atoms with E-state index >= 15 is 0 Å². The van der Waals surface area contributed by atoms with Gasteiger partial charge in [-0.3, -0.25) is 14.9 Å². The van der Waals surface area contributed by atoms with Crippen LogP contribution in [0.4, 0.5) is 11.4 Å². The molecule has 0 bridgehead atoms. The van der Waals surface area contributed by atoms with E-state index in [-0.39, 0.29) is 11.5 Å². The highest BCUT2D eigenvalue weighted by molar-refractivity contribution is 7.21. The van der Waals surface area contributed by atoms with E-state index in [0.717, 1.165) is 21.5 Å². The fourth-order valence-corrected chi connectivity index (χ4v) is 3.68. The molecule has 0 fully saturated rings. The monoisotopic (exact) mass is 327 g/mol. The maximum Gasteiger partial charge on any atom is 0.269 e. The van der Waals surface area contributed by atoms with Crippen LogP contribution in [0, 0.1) is 24.0 Å². The molecule has 0 spiro atoms. The minimum absolute atomic E-state index is 0.0565. The topological polar surface area (TPSA) is 99.1 Å². The molecule has 2 aromatic heterocycles. The summed E-state index contributed by atoms with van der Waals surface area (Å²) in [6.45, 7) is 3.82. The predicted octanol–water partition coefficient (Wildman–Crippen LogP) is 3.63. The number of nitro groups is 1. The fraction of sp³-hybridized carbons (Fsp3) is 0.125. The highest BCUT2D eigenvalue weighted by atomic mass is 32.1. The number of hydrogen-bond donors (Lipinski definition) is 1. The lowest BCUT2D eigenvalue weighted by Crippen LogP contribution is -2.02. The number of nitrogens with zero attached hydrogens (tertiary/aromatic N) is 2. The van der Waals surface area contributed by atoms with Crippen LogP contribution in [0.1, 0.15) is 26.5 Å². The summed E-state index contributed by atoms with van der Waals surface area (Å²) < 4.78 is 0. The Morgan fingerprint density at radius 3 is 2.52 bits per heavy atom. The molecular formula is C16H13N3O3S. The summed E-state index contributed by atoms with van der Waals surface area (Å²) >= 11 is 1.25. The molecule has 3 aromatic rings. The van der Waals surface area contributed by atoms with Gasteiger partial charge in [-0.1, -0.05) is 0 Å². The van der Waals surface area contributed by atoms with Crippen LogP contribution < -0.4 is 5.73 Å². The van der Waals surface area contributed by atoms with Crippen molar-refractivity contribution in [1.29, 1.82) is 0 Å². The van der Waals surface area contributed by atoms with Crippen LogP contribution in [-0.2, 0) is 0 Å². The number of nitrogens with two attached hydrogens (primary N) is 1. The Bertz CT molecular complexity index is 945. The summed E-state index contributed by atoms with van der Waals surface area (Å²) in [7, 11) is 0. The molecule has 0 unspecified atom stereocenters. The van der Waals surface area contributed by atoms with E-state index in [0.29, 0.717) is 16.1 Å². The third-order valence-corrected chi connectivity index (χ3v) is 4.67. The van der Waals surface area contributed by atoms with Crippen LogP contribution in [0.2, 0.25) is 0 Å². The first-order valence-electron chi connectivity index (χ1n) is 6.84. The van der Waals surface area contributed by atoms with Crippen LogP contribution in [0.3, 0.4) is 0 Å². The molecule has 0 aliphatic heterocycles. The number of non-ortho nitro benzene ring substituents is 1. The van der Waals surface area contributed by atoms with Crippen LogP contribution >= 0.6 is 11.3 Å². The lowest BCUT2D eigenvalue weighted by molar-refractivity contribution is -0.384. The smallest absolute Gasteiger partial charge is 0.269 e. The number of anilines is 1. The number of rotatable bonds is 3. The number of thiophene rings is 1. The standard InChI is InChI=1S/C16H13N3O3S/c1-8-7-9(2)18-16-12(8)13(17)15(23-16)14(20)10-3-5-11(6-4-10)19(21)22/h3-7H,17H2,1-2H3. The molecule has 0 saturated carbocycles. The Kier molecular flexibility index (Phi) is 3.57. The van der Waals surface area contributed by atoms with E-state index in [1.165, 1.54) is 35.6 Å². The number of carbonyl (C=O) groups is 1. The van der Waals surface area contributed by atoms with Gasteiger partial charge in [0.2, 0.25) is 5.78 Å². The van der Waals surface area contributed by atoms with Gasteiger partial charge in [0.1, 0.15) is 9.71 Å². The molecule has 116 valence electrons. The molecule has 1 aromatic carbocycles. The maximum atomic E-state index is 12.6. The van der Waals surface area contributed by atoms with Crippen LogP contribution in [0.5, 0.6) is 0 Å². The molecule has 23 heavy (non-hydrogen) atoms. The largest absolute Gasteiger partial charge is 0.397 e. The lowest BCUT2D eigenvalue weighted by atomic mass is 10.1. The van der Waals surface area contributed by atoms with Crippen molar-refractivity contribution in [2.45, 2.75) is 13.8 Å². The molecule has 6 nitrogen and oxygen atoms in total. The molecule has 0 aliphatic carbocycles. The number of ketones is 1. The van der Waals surface area contributed by atoms with E-state index in [4.69, 9.17) is 5.73 Å². The first-order chi connectivity index (χ1) is 10.9. The molecule has 2 heterocycles. The summed E-state index contributed by atoms with van der Waals surface area (Å²) in [5.74, 6) is -0.252. The minimum atomic E-state index is -0.502. The zero-order chi connectivity index (χ0) is 16.7. The molecule has 7 heteroatoms. The number of carbonyl (C=O) groups excluding carboxylic acids is 1. The van der Waals surface area contributed by atoms with E-state index in [2.05, 4.69) is 4.98 Å². The first kappa shape index (κ1) is 15.1. The number of hydrogen-bond acceptors (Lipinski definition) is 6. The Balaban J connectivity index is 2.09. The summed E-state index contributed by atoms with van der Waals surface area (Å²) in [5, 5.41) is 11.5. The van der Waals surface area contributed by atoms with Crippen LogP contribution in [-0.4, -0.2) is 15.7 Å². The van der Waals surface area contributed by atoms with Gasteiger partial charge in [-0.25, -0.2) is 4.98 Å². The van der Waals surface area contributed by atoms with Gasteiger partial charge < -0.3 is 5.73 Å². The number of nitrogen functional groups attached to an aromatic ring is 1. The van der Waals surface area contributed by atoms with Gasteiger partial charge >= 0.3 is 0 Å².